The number of esters is 1. The molecule has 1 aliphatic heterocycles. The molecule has 1 aliphatic rings. The zero-order valence-corrected chi connectivity index (χ0v) is 21.8. The zero-order valence-electron chi connectivity index (χ0n) is 20.8. The van der Waals surface area contributed by atoms with Crippen molar-refractivity contribution in [2.75, 3.05) is 13.7 Å². The third-order valence-corrected chi connectivity index (χ3v) is 11.9. The van der Waals surface area contributed by atoms with Gasteiger partial charge in [0.15, 0.2) is 5.60 Å². The van der Waals surface area contributed by atoms with E-state index in [9.17, 15) is 9.90 Å². The molecule has 0 amide bonds. The van der Waals surface area contributed by atoms with Crippen LogP contribution in [0.4, 0.5) is 0 Å². The highest BCUT2D eigenvalue weighted by molar-refractivity contribution is 6.99. The number of benzene rings is 2. The van der Waals surface area contributed by atoms with E-state index in [1.807, 2.05) is 19.1 Å². The SMILES string of the molecule is COC(=O)C1(C)OC1CCC(C)(O)CCO[Si](c1ccccc1)(c1ccccc1)C(C)(C)C. The topological polar surface area (TPSA) is 68.3 Å². The summed E-state index contributed by atoms with van der Waals surface area (Å²) in [6, 6.07) is 21.0. The van der Waals surface area contributed by atoms with Crippen molar-refractivity contribution in [3.05, 3.63) is 60.7 Å². The highest BCUT2D eigenvalue weighted by Crippen LogP contribution is 2.42. The molecule has 2 aromatic carbocycles. The summed E-state index contributed by atoms with van der Waals surface area (Å²) in [5.41, 5.74) is -1.80. The van der Waals surface area contributed by atoms with E-state index in [1.165, 1.54) is 17.5 Å². The second-order valence-electron chi connectivity index (χ2n) is 10.5. The Bertz CT molecular complexity index is 883. The van der Waals surface area contributed by atoms with Crippen molar-refractivity contribution in [3.63, 3.8) is 0 Å². The molecular formula is C27H38O5Si. The van der Waals surface area contributed by atoms with E-state index in [-0.39, 0.29) is 17.1 Å². The third kappa shape index (κ3) is 5.40. The van der Waals surface area contributed by atoms with Gasteiger partial charge in [-0.1, -0.05) is 81.4 Å². The molecule has 0 aliphatic carbocycles. The van der Waals surface area contributed by atoms with Crippen molar-refractivity contribution in [2.45, 2.75) is 76.2 Å². The molecule has 3 unspecified atom stereocenters. The van der Waals surface area contributed by atoms with Crippen molar-refractivity contribution in [1.82, 2.24) is 0 Å². The second kappa shape index (κ2) is 9.70. The van der Waals surface area contributed by atoms with Crippen LogP contribution in [0, 0.1) is 0 Å². The summed E-state index contributed by atoms with van der Waals surface area (Å²) in [5.74, 6) is -0.359. The Kier molecular flexibility index (Phi) is 7.54. The fourth-order valence-electron chi connectivity index (χ4n) is 4.73. The molecule has 1 N–H and O–H groups in total. The summed E-state index contributed by atoms with van der Waals surface area (Å²) in [4.78, 5) is 11.9. The normalized spacial score (nSPS) is 22.5. The van der Waals surface area contributed by atoms with Crippen molar-refractivity contribution in [3.8, 4) is 0 Å². The number of epoxide rings is 1. The first kappa shape index (κ1) is 25.6. The molecule has 3 atom stereocenters. The lowest BCUT2D eigenvalue weighted by atomic mass is 9.93. The lowest BCUT2D eigenvalue weighted by Crippen LogP contribution is -2.66. The first-order valence-electron chi connectivity index (χ1n) is 11.7. The zero-order chi connectivity index (χ0) is 24.3. The summed E-state index contributed by atoms with van der Waals surface area (Å²) in [5, 5.41) is 13.4. The van der Waals surface area contributed by atoms with Crippen molar-refractivity contribution >= 4 is 24.7 Å². The molecule has 0 saturated carbocycles. The largest absolute Gasteiger partial charge is 0.467 e. The molecular weight excluding hydrogens is 432 g/mol. The van der Waals surface area contributed by atoms with Gasteiger partial charge >= 0.3 is 5.97 Å². The van der Waals surface area contributed by atoms with Crippen LogP contribution in [0.25, 0.3) is 0 Å². The first-order valence-corrected chi connectivity index (χ1v) is 13.6. The summed E-state index contributed by atoms with van der Waals surface area (Å²) in [6.45, 7) is 10.8. The third-order valence-electron chi connectivity index (χ3n) is 6.86. The maximum Gasteiger partial charge on any atom is 0.340 e. The highest BCUT2D eigenvalue weighted by atomic mass is 28.4. The van der Waals surface area contributed by atoms with Crippen LogP contribution in [-0.4, -0.2) is 50.4 Å². The number of ether oxygens (including phenoxy) is 2. The van der Waals surface area contributed by atoms with Crippen LogP contribution < -0.4 is 10.4 Å². The van der Waals surface area contributed by atoms with Crippen LogP contribution in [0.1, 0.15) is 53.9 Å². The number of carbonyl (C=O) groups is 1. The predicted octanol–water partition coefficient (Wildman–Crippen LogP) is 3.81. The van der Waals surface area contributed by atoms with Crippen LogP contribution in [0.2, 0.25) is 5.04 Å². The van der Waals surface area contributed by atoms with Crippen LogP contribution in [0.3, 0.4) is 0 Å². The van der Waals surface area contributed by atoms with E-state index in [0.717, 1.165) is 0 Å². The average molecular weight is 471 g/mol. The molecule has 1 saturated heterocycles. The van der Waals surface area contributed by atoms with Gasteiger partial charge in [0.25, 0.3) is 8.32 Å². The quantitative estimate of drug-likeness (QED) is 0.325. The van der Waals surface area contributed by atoms with Gasteiger partial charge in [0, 0.05) is 6.61 Å². The van der Waals surface area contributed by atoms with Gasteiger partial charge in [0.2, 0.25) is 0 Å². The summed E-state index contributed by atoms with van der Waals surface area (Å²) in [7, 11) is -1.26. The Hall–Kier alpha value is -1.99. The Morgan fingerprint density at radius 1 is 1.00 bits per heavy atom. The molecule has 0 spiro atoms. The Labute approximate surface area is 199 Å². The van der Waals surface area contributed by atoms with Gasteiger partial charge < -0.3 is 19.0 Å². The fraction of sp³-hybridized carbons (Fsp3) is 0.519. The van der Waals surface area contributed by atoms with Gasteiger partial charge in [0.05, 0.1) is 18.8 Å². The first-order chi connectivity index (χ1) is 15.5. The molecule has 6 heteroatoms. The van der Waals surface area contributed by atoms with Gasteiger partial charge in [-0.2, -0.15) is 0 Å². The summed E-state index contributed by atoms with van der Waals surface area (Å²) >= 11 is 0. The van der Waals surface area contributed by atoms with E-state index in [0.29, 0.717) is 25.9 Å². The Morgan fingerprint density at radius 2 is 1.52 bits per heavy atom. The van der Waals surface area contributed by atoms with Crippen LogP contribution in [-0.2, 0) is 18.7 Å². The molecule has 5 nitrogen and oxygen atoms in total. The van der Waals surface area contributed by atoms with E-state index in [1.54, 1.807) is 6.92 Å². The van der Waals surface area contributed by atoms with Crippen molar-refractivity contribution in [1.29, 1.82) is 0 Å². The van der Waals surface area contributed by atoms with Crippen molar-refractivity contribution < 1.29 is 23.8 Å². The average Bonchev–Trinajstić information content (AvgIpc) is 3.46. The molecule has 1 heterocycles. The van der Waals surface area contributed by atoms with Crippen LogP contribution in [0.15, 0.2) is 60.7 Å². The minimum atomic E-state index is -2.62. The lowest BCUT2D eigenvalue weighted by molar-refractivity contribution is -0.146. The van der Waals surface area contributed by atoms with Gasteiger partial charge in [0.1, 0.15) is 0 Å². The fourth-order valence-corrected chi connectivity index (χ4v) is 9.29. The molecule has 2 aromatic rings. The number of rotatable bonds is 10. The van der Waals surface area contributed by atoms with E-state index >= 15 is 0 Å². The molecule has 3 rings (SSSR count). The van der Waals surface area contributed by atoms with Gasteiger partial charge in [-0.05, 0) is 48.5 Å². The molecule has 33 heavy (non-hydrogen) atoms. The minimum Gasteiger partial charge on any atom is -0.467 e. The van der Waals surface area contributed by atoms with Crippen LogP contribution >= 0.6 is 0 Å². The highest BCUT2D eigenvalue weighted by Gasteiger charge is 2.59. The number of carbonyl (C=O) groups excluding carboxylic acids is 1. The number of aliphatic hydroxyl groups is 1. The van der Waals surface area contributed by atoms with Crippen LogP contribution in [0.5, 0.6) is 0 Å². The van der Waals surface area contributed by atoms with E-state index < -0.39 is 19.5 Å². The van der Waals surface area contributed by atoms with Crippen molar-refractivity contribution in [2.24, 2.45) is 0 Å². The van der Waals surface area contributed by atoms with Gasteiger partial charge in [-0.3, -0.25) is 0 Å². The molecule has 1 fully saturated rings. The monoisotopic (exact) mass is 470 g/mol. The second-order valence-corrected chi connectivity index (χ2v) is 14.8. The summed E-state index contributed by atoms with van der Waals surface area (Å²) < 4.78 is 17.3. The Morgan fingerprint density at radius 3 is 1.97 bits per heavy atom. The smallest absolute Gasteiger partial charge is 0.340 e. The van der Waals surface area contributed by atoms with E-state index in [4.69, 9.17) is 13.9 Å². The standard InChI is InChI=1S/C27H38O5Si/c1-25(2,3)33(21-13-9-7-10-14-21,22-15-11-8-12-16-22)31-20-19-26(4,29)18-17-23-27(5,32-23)24(28)30-6/h7-16,23,29H,17-20H2,1-6H3. The van der Waals surface area contributed by atoms with Gasteiger partial charge in [-0.15, -0.1) is 0 Å². The molecule has 0 aromatic heterocycles. The lowest BCUT2D eigenvalue weighted by Gasteiger charge is -2.43. The maximum absolute atomic E-state index is 11.9. The number of hydrogen-bond donors (Lipinski definition) is 1. The molecule has 0 radical (unpaired) electrons. The predicted molar refractivity (Wildman–Crippen MR) is 133 cm³/mol. The summed E-state index contributed by atoms with van der Waals surface area (Å²) in [6.07, 6.45) is 1.40. The minimum absolute atomic E-state index is 0.105. The molecule has 180 valence electrons. The number of methoxy groups -OCH3 is 1. The maximum atomic E-state index is 11.9. The number of hydrogen-bond acceptors (Lipinski definition) is 5. The van der Waals surface area contributed by atoms with E-state index in [2.05, 4.69) is 69.3 Å². The van der Waals surface area contributed by atoms with Gasteiger partial charge in [-0.25, -0.2) is 4.79 Å². The molecule has 0 bridgehead atoms. The Balaban J connectivity index is 1.73.